The first-order chi connectivity index (χ1) is 7.31. The van der Waals surface area contributed by atoms with Gasteiger partial charge in [0.15, 0.2) is 0 Å². The Morgan fingerprint density at radius 1 is 1.33 bits per heavy atom. The van der Waals surface area contributed by atoms with Crippen molar-refractivity contribution in [1.82, 2.24) is 4.90 Å². The van der Waals surface area contributed by atoms with E-state index in [1.165, 1.54) is 12.8 Å². The summed E-state index contributed by atoms with van der Waals surface area (Å²) in [4.78, 5) is 2.37. The van der Waals surface area contributed by atoms with Crippen LogP contribution in [0.5, 0.6) is 0 Å². The van der Waals surface area contributed by atoms with Crippen LogP contribution in [-0.2, 0) is 4.74 Å². The largest absolute Gasteiger partial charge is 0.391 e. The van der Waals surface area contributed by atoms with E-state index in [0.717, 1.165) is 32.5 Å². The van der Waals surface area contributed by atoms with Crippen LogP contribution in [0.25, 0.3) is 0 Å². The van der Waals surface area contributed by atoms with Gasteiger partial charge in [0.05, 0.1) is 18.8 Å². The number of nitrogens with zero attached hydrogens (tertiary/aromatic N) is 1. The van der Waals surface area contributed by atoms with E-state index in [-0.39, 0.29) is 12.2 Å². The molecule has 0 aromatic heterocycles. The van der Waals surface area contributed by atoms with E-state index in [4.69, 9.17) is 10.5 Å². The number of aliphatic hydroxyl groups is 1. The third-order valence-electron chi connectivity index (χ3n) is 3.60. The van der Waals surface area contributed by atoms with Gasteiger partial charge < -0.3 is 15.6 Å². The van der Waals surface area contributed by atoms with Gasteiger partial charge in [0.1, 0.15) is 0 Å². The molecule has 2 aliphatic rings. The zero-order chi connectivity index (χ0) is 10.7. The second kappa shape index (κ2) is 5.25. The topological polar surface area (TPSA) is 58.7 Å². The molecule has 0 aromatic carbocycles. The van der Waals surface area contributed by atoms with Crippen molar-refractivity contribution in [2.45, 2.75) is 43.9 Å². The Bertz CT molecular complexity index is 201. The number of nitrogens with two attached hydrogens (primary N) is 1. The summed E-state index contributed by atoms with van der Waals surface area (Å²) in [7, 11) is 0. The monoisotopic (exact) mass is 214 g/mol. The third kappa shape index (κ3) is 2.69. The fourth-order valence-electron chi connectivity index (χ4n) is 2.70. The molecule has 1 saturated carbocycles. The summed E-state index contributed by atoms with van der Waals surface area (Å²) in [6.07, 6.45) is 4.51. The Kier molecular flexibility index (Phi) is 3.97. The molecular formula is C11H22N2O2. The van der Waals surface area contributed by atoms with E-state index in [0.29, 0.717) is 12.6 Å². The quantitative estimate of drug-likeness (QED) is 0.676. The molecule has 0 aromatic rings. The van der Waals surface area contributed by atoms with Crippen molar-refractivity contribution in [3.05, 3.63) is 0 Å². The molecule has 3 N–H and O–H groups in total. The Hall–Kier alpha value is -0.160. The molecular weight excluding hydrogens is 192 g/mol. The van der Waals surface area contributed by atoms with Crippen molar-refractivity contribution in [2.75, 3.05) is 26.2 Å². The van der Waals surface area contributed by atoms with Gasteiger partial charge in [-0.05, 0) is 12.8 Å². The van der Waals surface area contributed by atoms with E-state index in [9.17, 15) is 5.11 Å². The first-order valence-electron chi connectivity index (χ1n) is 6.05. The van der Waals surface area contributed by atoms with Crippen LogP contribution in [0.1, 0.15) is 25.7 Å². The van der Waals surface area contributed by atoms with Gasteiger partial charge in [-0.3, -0.25) is 4.90 Å². The summed E-state index contributed by atoms with van der Waals surface area (Å²) in [6, 6.07) is 0.344. The van der Waals surface area contributed by atoms with Gasteiger partial charge in [0.2, 0.25) is 0 Å². The van der Waals surface area contributed by atoms with Crippen molar-refractivity contribution >= 4 is 0 Å². The standard InChI is InChI=1S/C11H22N2O2/c12-7-9-8-13(5-6-15-9)10-3-1-2-4-11(10)14/h9-11,14H,1-8,12H2. The SMILES string of the molecule is NCC1CN(C2CCCCC2O)CCO1. The third-order valence-corrected chi connectivity index (χ3v) is 3.60. The Morgan fingerprint density at radius 2 is 2.13 bits per heavy atom. The highest BCUT2D eigenvalue weighted by Crippen LogP contribution is 2.24. The van der Waals surface area contributed by atoms with E-state index in [1.54, 1.807) is 0 Å². The molecule has 2 rings (SSSR count). The summed E-state index contributed by atoms with van der Waals surface area (Å²) in [6.45, 7) is 3.17. The van der Waals surface area contributed by atoms with Gasteiger partial charge in [0, 0.05) is 25.7 Å². The van der Waals surface area contributed by atoms with E-state index in [2.05, 4.69) is 4.90 Å². The first-order valence-corrected chi connectivity index (χ1v) is 6.05. The lowest BCUT2D eigenvalue weighted by Crippen LogP contribution is -2.54. The molecule has 3 unspecified atom stereocenters. The maximum atomic E-state index is 9.97. The lowest BCUT2D eigenvalue weighted by Gasteiger charge is -2.41. The lowest BCUT2D eigenvalue weighted by atomic mass is 9.91. The van der Waals surface area contributed by atoms with Crippen LogP contribution in [0.3, 0.4) is 0 Å². The van der Waals surface area contributed by atoms with Crippen molar-refractivity contribution < 1.29 is 9.84 Å². The first kappa shape index (κ1) is 11.3. The van der Waals surface area contributed by atoms with Crippen molar-refractivity contribution in [2.24, 2.45) is 5.73 Å². The zero-order valence-corrected chi connectivity index (χ0v) is 9.27. The number of hydrogen-bond donors (Lipinski definition) is 2. The van der Waals surface area contributed by atoms with Crippen molar-refractivity contribution in [1.29, 1.82) is 0 Å². The summed E-state index contributed by atoms with van der Waals surface area (Å²) < 4.78 is 5.54. The number of aliphatic hydroxyl groups excluding tert-OH is 1. The minimum atomic E-state index is -0.143. The highest BCUT2D eigenvalue weighted by atomic mass is 16.5. The molecule has 1 saturated heterocycles. The second-order valence-electron chi connectivity index (χ2n) is 4.64. The fraction of sp³-hybridized carbons (Fsp3) is 1.00. The molecule has 0 bridgehead atoms. The molecule has 1 aliphatic heterocycles. The zero-order valence-electron chi connectivity index (χ0n) is 9.27. The van der Waals surface area contributed by atoms with E-state index >= 15 is 0 Å². The predicted molar refractivity (Wildman–Crippen MR) is 58.6 cm³/mol. The number of rotatable bonds is 2. The average Bonchev–Trinajstić information content (AvgIpc) is 2.30. The summed E-state index contributed by atoms with van der Waals surface area (Å²) in [5.74, 6) is 0. The number of morpholine rings is 1. The maximum Gasteiger partial charge on any atom is 0.0824 e. The summed E-state index contributed by atoms with van der Waals surface area (Å²) in [5, 5.41) is 9.97. The number of ether oxygens (including phenoxy) is 1. The molecule has 1 aliphatic carbocycles. The predicted octanol–water partition coefficient (Wildman–Crippen LogP) is -0.0506. The van der Waals surface area contributed by atoms with Gasteiger partial charge in [-0.25, -0.2) is 0 Å². The molecule has 0 amide bonds. The van der Waals surface area contributed by atoms with Gasteiger partial charge in [0.25, 0.3) is 0 Å². The van der Waals surface area contributed by atoms with E-state index < -0.39 is 0 Å². The van der Waals surface area contributed by atoms with Gasteiger partial charge >= 0.3 is 0 Å². The molecule has 4 heteroatoms. The van der Waals surface area contributed by atoms with Gasteiger partial charge in [-0.15, -0.1) is 0 Å². The lowest BCUT2D eigenvalue weighted by molar-refractivity contribution is -0.0697. The minimum absolute atomic E-state index is 0.143. The van der Waals surface area contributed by atoms with Crippen LogP contribution in [-0.4, -0.2) is 54.5 Å². The Morgan fingerprint density at radius 3 is 2.87 bits per heavy atom. The van der Waals surface area contributed by atoms with Crippen LogP contribution in [0, 0.1) is 0 Å². The molecule has 2 fully saturated rings. The molecule has 4 nitrogen and oxygen atoms in total. The smallest absolute Gasteiger partial charge is 0.0824 e. The molecule has 0 radical (unpaired) electrons. The Labute approximate surface area is 91.4 Å². The van der Waals surface area contributed by atoms with Crippen molar-refractivity contribution in [3.8, 4) is 0 Å². The highest BCUT2D eigenvalue weighted by molar-refractivity contribution is 4.86. The van der Waals surface area contributed by atoms with E-state index in [1.807, 2.05) is 0 Å². The number of hydrogen-bond acceptors (Lipinski definition) is 4. The molecule has 3 atom stereocenters. The summed E-state index contributed by atoms with van der Waals surface area (Å²) in [5.41, 5.74) is 5.62. The van der Waals surface area contributed by atoms with Gasteiger partial charge in [-0.1, -0.05) is 12.8 Å². The highest BCUT2D eigenvalue weighted by Gasteiger charge is 2.31. The minimum Gasteiger partial charge on any atom is -0.391 e. The Balaban J connectivity index is 1.90. The fourth-order valence-corrected chi connectivity index (χ4v) is 2.70. The van der Waals surface area contributed by atoms with Crippen LogP contribution in [0.4, 0.5) is 0 Å². The molecule has 0 spiro atoms. The average molecular weight is 214 g/mol. The van der Waals surface area contributed by atoms with Crippen molar-refractivity contribution in [3.63, 3.8) is 0 Å². The maximum absolute atomic E-state index is 9.97. The van der Waals surface area contributed by atoms with Crippen LogP contribution < -0.4 is 5.73 Å². The van der Waals surface area contributed by atoms with Crippen LogP contribution in [0.15, 0.2) is 0 Å². The molecule has 1 heterocycles. The molecule has 15 heavy (non-hydrogen) atoms. The van der Waals surface area contributed by atoms with Crippen LogP contribution in [0.2, 0.25) is 0 Å². The summed E-state index contributed by atoms with van der Waals surface area (Å²) >= 11 is 0. The normalized spacial score (nSPS) is 39.2. The van der Waals surface area contributed by atoms with Gasteiger partial charge in [-0.2, -0.15) is 0 Å². The second-order valence-corrected chi connectivity index (χ2v) is 4.64. The molecule has 88 valence electrons. The van der Waals surface area contributed by atoms with Crippen LogP contribution >= 0.6 is 0 Å².